The maximum atomic E-state index is 11.1. The molecule has 0 amide bonds. The summed E-state index contributed by atoms with van der Waals surface area (Å²) in [5.74, 6) is 0.374. The molecule has 0 fully saturated rings. The summed E-state index contributed by atoms with van der Waals surface area (Å²) in [6.45, 7) is 0. The Hall–Kier alpha value is -1.60. The van der Waals surface area contributed by atoms with Crippen LogP contribution in [0.4, 0.5) is 0 Å². The SMILES string of the molecule is NS(=O)(=O)c1cccn1-c1ccon1. The third-order valence-corrected chi connectivity index (χ3v) is 2.59. The van der Waals surface area contributed by atoms with Crippen molar-refractivity contribution in [1.29, 1.82) is 0 Å². The van der Waals surface area contributed by atoms with Crippen molar-refractivity contribution in [2.24, 2.45) is 5.14 Å². The van der Waals surface area contributed by atoms with Crippen molar-refractivity contribution in [3.63, 3.8) is 0 Å². The first kappa shape index (κ1) is 8.97. The van der Waals surface area contributed by atoms with Crippen LogP contribution in [-0.4, -0.2) is 18.1 Å². The van der Waals surface area contributed by atoms with Crippen LogP contribution in [-0.2, 0) is 10.0 Å². The second-order valence-corrected chi connectivity index (χ2v) is 4.13. The van der Waals surface area contributed by atoms with Gasteiger partial charge in [0.15, 0.2) is 10.8 Å². The normalized spacial score (nSPS) is 11.8. The number of primary sulfonamides is 1. The molecule has 0 aliphatic heterocycles. The molecule has 6 nitrogen and oxygen atoms in total. The number of hydrogen-bond donors (Lipinski definition) is 1. The minimum Gasteiger partial charge on any atom is -0.363 e. The van der Waals surface area contributed by atoms with Gasteiger partial charge in [-0.2, -0.15) is 0 Å². The van der Waals surface area contributed by atoms with Crippen molar-refractivity contribution in [2.45, 2.75) is 5.03 Å². The Labute approximate surface area is 80.0 Å². The Morgan fingerprint density at radius 1 is 1.43 bits per heavy atom. The molecule has 0 radical (unpaired) electrons. The summed E-state index contributed by atoms with van der Waals surface area (Å²) in [4.78, 5) is 0. The molecule has 2 rings (SSSR count). The predicted octanol–water partition coefficient (Wildman–Crippen LogP) is 0.113. The van der Waals surface area contributed by atoms with Crippen LogP contribution < -0.4 is 5.14 Å². The fourth-order valence-corrected chi connectivity index (χ4v) is 1.81. The van der Waals surface area contributed by atoms with Crippen LogP contribution in [0.3, 0.4) is 0 Å². The maximum absolute atomic E-state index is 11.1. The average molecular weight is 213 g/mol. The van der Waals surface area contributed by atoms with Crippen molar-refractivity contribution in [3.05, 3.63) is 30.7 Å². The molecule has 7 heteroatoms. The van der Waals surface area contributed by atoms with Crippen molar-refractivity contribution >= 4 is 10.0 Å². The summed E-state index contributed by atoms with van der Waals surface area (Å²) < 4.78 is 28.1. The second kappa shape index (κ2) is 2.96. The molecule has 2 N–H and O–H groups in total. The maximum Gasteiger partial charge on any atom is 0.254 e. The molecule has 74 valence electrons. The molecule has 0 unspecified atom stereocenters. The molecule has 2 heterocycles. The van der Waals surface area contributed by atoms with Gasteiger partial charge < -0.3 is 4.52 Å². The highest BCUT2D eigenvalue weighted by molar-refractivity contribution is 7.89. The van der Waals surface area contributed by atoms with E-state index >= 15 is 0 Å². The molecule has 0 atom stereocenters. The molecule has 14 heavy (non-hydrogen) atoms. The van der Waals surface area contributed by atoms with Gasteiger partial charge in [0.2, 0.25) is 0 Å². The minimum atomic E-state index is -3.73. The van der Waals surface area contributed by atoms with Gasteiger partial charge in [0.25, 0.3) is 10.0 Å². The highest BCUT2D eigenvalue weighted by Crippen LogP contribution is 2.13. The molecule has 0 saturated heterocycles. The van der Waals surface area contributed by atoms with Crippen LogP contribution in [0.1, 0.15) is 0 Å². The van der Waals surface area contributed by atoms with E-state index in [0.29, 0.717) is 5.82 Å². The molecule has 0 aromatic carbocycles. The highest BCUT2D eigenvalue weighted by Gasteiger charge is 2.15. The van der Waals surface area contributed by atoms with Gasteiger partial charge >= 0.3 is 0 Å². The van der Waals surface area contributed by atoms with Crippen LogP contribution in [0, 0.1) is 0 Å². The molecule has 0 bridgehead atoms. The summed E-state index contributed by atoms with van der Waals surface area (Å²) in [7, 11) is -3.73. The van der Waals surface area contributed by atoms with Gasteiger partial charge in [0.05, 0.1) is 0 Å². The molecule has 0 aliphatic rings. The Morgan fingerprint density at radius 2 is 2.21 bits per heavy atom. The number of hydrogen-bond acceptors (Lipinski definition) is 4. The zero-order chi connectivity index (χ0) is 10.2. The second-order valence-electron chi connectivity index (χ2n) is 2.62. The molecule has 0 saturated carbocycles. The average Bonchev–Trinajstić information content (AvgIpc) is 2.73. The molecule has 0 aliphatic carbocycles. The number of sulfonamides is 1. The lowest BCUT2D eigenvalue weighted by molar-refractivity contribution is 0.415. The largest absolute Gasteiger partial charge is 0.363 e. The van der Waals surface area contributed by atoms with Gasteiger partial charge in [-0.15, -0.1) is 0 Å². The van der Waals surface area contributed by atoms with Gasteiger partial charge in [0.1, 0.15) is 6.26 Å². The van der Waals surface area contributed by atoms with Crippen LogP contribution in [0.15, 0.2) is 40.2 Å². The molecule has 0 spiro atoms. The van der Waals surface area contributed by atoms with Gasteiger partial charge in [-0.1, -0.05) is 5.16 Å². The van der Waals surface area contributed by atoms with Crippen LogP contribution >= 0.6 is 0 Å². The number of aromatic nitrogens is 2. The van der Waals surface area contributed by atoms with E-state index in [-0.39, 0.29) is 5.03 Å². The summed E-state index contributed by atoms with van der Waals surface area (Å²) in [5.41, 5.74) is 0. The topological polar surface area (TPSA) is 91.1 Å². The monoisotopic (exact) mass is 213 g/mol. The standard InChI is InChI=1S/C7H7N3O3S/c8-14(11,12)7-2-1-4-10(7)6-3-5-13-9-6/h1-5H,(H2,8,11,12). The van der Waals surface area contributed by atoms with E-state index in [2.05, 4.69) is 9.68 Å². The zero-order valence-corrected chi connectivity index (χ0v) is 7.81. The summed E-state index contributed by atoms with van der Waals surface area (Å²) in [6, 6.07) is 4.49. The number of nitrogens with zero attached hydrogens (tertiary/aromatic N) is 2. The predicted molar refractivity (Wildman–Crippen MR) is 47.2 cm³/mol. The Bertz CT molecular complexity index is 526. The van der Waals surface area contributed by atoms with E-state index in [1.807, 2.05) is 0 Å². The highest BCUT2D eigenvalue weighted by atomic mass is 32.2. The number of rotatable bonds is 2. The Balaban J connectivity index is 2.62. The fraction of sp³-hybridized carbons (Fsp3) is 0. The van der Waals surface area contributed by atoms with Crippen LogP contribution in [0.2, 0.25) is 0 Å². The first-order valence-corrected chi connectivity index (χ1v) is 5.24. The van der Waals surface area contributed by atoms with Crippen molar-refractivity contribution in [1.82, 2.24) is 9.72 Å². The third-order valence-electron chi connectivity index (χ3n) is 1.67. The Kier molecular flexibility index (Phi) is 1.90. The van der Waals surface area contributed by atoms with Gasteiger partial charge in [-0.05, 0) is 12.1 Å². The van der Waals surface area contributed by atoms with E-state index in [9.17, 15) is 8.42 Å². The smallest absolute Gasteiger partial charge is 0.254 e. The van der Waals surface area contributed by atoms with Crippen LogP contribution in [0.5, 0.6) is 0 Å². The quantitative estimate of drug-likeness (QED) is 0.766. The van der Waals surface area contributed by atoms with Crippen molar-refractivity contribution in [2.75, 3.05) is 0 Å². The third kappa shape index (κ3) is 1.42. The van der Waals surface area contributed by atoms with E-state index in [0.717, 1.165) is 0 Å². The minimum absolute atomic E-state index is 0.0219. The molecule has 2 aromatic rings. The fourth-order valence-electron chi connectivity index (χ4n) is 1.12. The first-order valence-electron chi connectivity index (χ1n) is 3.70. The molecule has 2 aromatic heterocycles. The lowest BCUT2D eigenvalue weighted by atomic mass is 10.6. The van der Waals surface area contributed by atoms with Gasteiger partial charge in [0, 0.05) is 12.3 Å². The summed E-state index contributed by atoms with van der Waals surface area (Å²) in [6.07, 6.45) is 2.89. The van der Waals surface area contributed by atoms with E-state index in [1.54, 1.807) is 6.07 Å². The summed E-state index contributed by atoms with van der Waals surface area (Å²) >= 11 is 0. The van der Waals surface area contributed by atoms with Crippen molar-refractivity contribution in [3.8, 4) is 5.82 Å². The molecular weight excluding hydrogens is 206 g/mol. The van der Waals surface area contributed by atoms with Gasteiger partial charge in [-0.3, -0.25) is 4.57 Å². The zero-order valence-electron chi connectivity index (χ0n) is 6.99. The lowest BCUT2D eigenvalue weighted by Gasteiger charge is -2.01. The first-order chi connectivity index (χ1) is 6.59. The summed E-state index contributed by atoms with van der Waals surface area (Å²) in [5, 5.41) is 8.58. The van der Waals surface area contributed by atoms with E-state index in [1.165, 1.54) is 29.2 Å². The van der Waals surface area contributed by atoms with E-state index in [4.69, 9.17) is 5.14 Å². The van der Waals surface area contributed by atoms with Crippen molar-refractivity contribution < 1.29 is 12.9 Å². The van der Waals surface area contributed by atoms with E-state index < -0.39 is 10.0 Å². The Morgan fingerprint density at radius 3 is 2.79 bits per heavy atom. The van der Waals surface area contributed by atoms with Gasteiger partial charge in [-0.25, -0.2) is 13.6 Å². The van der Waals surface area contributed by atoms with Crippen LogP contribution in [0.25, 0.3) is 5.82 Å². The number of nitrogens with two attached hydrogens (primary N) is 1. The molecular formula is C7H7N3O3S. The lowest BCUT2D eigenvalue weighted by Crippen LogP contribution is -2.16.